The molecule has 0 spiro atoms. The minimum Gasteiger partial charge on any atom is -0.393 e. The fourth-order valence-corrected chi connectivity index (χ4v) is 3.94. The zero-order valence-electron chi connectivity index (χ0n) is 16.6. The number of anilines is 1. The number of piperidine rings is 1. The average Bonchev–Trinajstić information content (AvgIpc) is 3.13. The summed E-state index contributed by atoms with van der Waals surface area (Å²) < 4.78 is 0. The van der Waals surface area contributed by atoms with Crippen LogP contribution in [0, 0.1) is 0 Å². The Morgan fingerprint density at radius 3 is 2.59 bits per heavy atom. The predicted molar refractivity (Wildman–Crippen MR) is 111 cm³/mol. The van der Waals surface area contributed by atoms with E-state index in [1.54, 1.807) is 0 Å². The second kappa shape index (κ2) is 10.6. The maximum atomic E-state index is 8.91. The van der Waals surface area contributed by atoms with Crippen LogP contribution in [-0.4, -0.2) is 45.8 Å². The van der Waals surface area contributed by atoms with Gasteiger partial charge < -0.3 is 20.7 Å². The van der Waals surface area contributed by atoms with Crippen molar-refractivity contribution in [3.63, 3.8) is 0 Å². The highest BCUT2D eigenvalue weighted by Gasteiger charge is 2.19. The first-order chi connectivity index (χ1) is 13.3. The monoisotopic (exact) mass is 373 g/mol. The van der Waals surface area contributed by atoms with E-state index >= 15 is 0 Å². The second-order valence-corrected chi connectivity index (χ2v) is 7.80. The summed E-state index contributed by atoms with van der Waals surface area (Å²) in [4.78, 5) is 12.3. The molecule has 27 heavy (non-hydrogen) atoms. The third-order valence-electron chi connectivity index (χ3n) is 5.63. The molecular weight excluding hydrogens is 338 g/mol. The van der Waals surface area contributed by atoms with Crippen LogP contribution in [0.15, 0.2) is 12.4 Å². The van der Waals surface area contributed by atoms with Crippen LogP contribution in [0.3, 0.4) is 0 Å². The van der Waals surface area contributed by atoms with Gasteiger partial charge in [-0.25, -0.2) is 4.98 Å². The molecule has 1 saturated carbocycles. The predicted octanol–water partition coefficient (Wildman–Crippen LogP) is 3.95. The summed E-state index contributed by atoms with van der Waals surface area (Å²) in [6.45, 7) is 5.33. The Hall–Kier alpha value is -1.66. The summed E-state index contributed by atoms with van der Waals surface area (Å²) in [5, 5.41) is 16.8. The highest BCUT2D eigenvalue weighted by Crippen LogP contribution is 2.30. The van der Waals surface area contributed by atoms with Crippen molar-refractivity contribution >= 4 is 17.0 Å². The number of nitrogens with zero attached hydrogens (tertiary/aromatic N) is 2. The lowest BCUT2D eigenvalue weighted by atomic mass is 9.91. The number of hydrogen-bond donors (Lipinski definition) is 4. The molecule has 4 rings (SSSR count). The number of aromatic amines is 1. The van der Waals surface area contributed by atoms with E-state index in [0.29, 0.717) is 5.92 Å². The first-order valence-corrected chi connectivity index (χ1v) is 10.7. The van der Waals surface area contributed by atoms with Crippen molar-refractivity contribution in [2.45, 2.75) is 76.7 Å². The number of hydrogen-bond acceptors (Lipinski definition) is 5. The number of aliphatic hydroxyl groups excluding tert-OH is 1. The molecule has 0 radical (unpaired) electrons. The Bertz CT molecular complexity index is 674. The van der Waals surface area contributed by atoms with Crippen LogP contribution in [-0.2, 0) is 0 Å². The molecule has 0 amide bonds. The summed E-state index contributed by atoms with van der Waals surface area (Å²) in [6, 6.07) is 0. The van der Waals surface area contributed by atoms with Gasteiger partial charge in [-0.3, -0.25) is 0 Å². The van der Waals surface area contributed by atoms with Crippen LogP contribution in [0.5, 0.6) is 0 Å². The zero-order chi connectivity index (χ0) is 18.9. The molecule has 150 valence electrons. The van der Waals surface area contributed by atoms with Gasteiger partial charge in [0.25, 0.3) is 0 Å². The van der Waals surface area contributed by atoms with Crippen molar-refractivity contribution in [2.24, 2.45) is 0 Å². The summed E-state index contributed by atoms with van der Waals surface area (Å²) in [7, 11) is 0. The fourth-order valence-electron chi connectivity index (χ4n) is 3.94. The van der Waals surface area contributed by atoms with E-state index < -0.39 is 0 Å². The number of aromatic nitrogens is 3. The number of aliphatic hydroxyl groups is 1. The minimum absolute atomic E-state index is 0.0359. The van der Waals surface area contributed by atoms with Crippen molar-refractivity contribution in [3.05, 3.63) is 18.0 Å². The van der Waals surface area contributed by atoms with Crippen LogP contribution >= 0.6 is 0 Å². The number of rotatable bonds is 5. The Morgan fingerprint density at radius 1 is 1.15 bits per heavy atom. The van der Waals surface area contributed by atoms with E-state index in [1.165, 1.54) is 49.5 Å². The molecule has 0 bridgehead atoms. The molecule has 0 atom stereocenters. The quantitative estimate of drug-likeness (QED) is 0.596. The van der Waals surface area contributed by atoms with Crippen LogP contribution < -0.4 is 10.6 Å². The lowest BCUT2D eigenvalue weighted by Crippen LogP contribution is -2.26. The van der Waals surface area contributed by atoms with E-state index in [2.05, 4.69) is 38.7 Å². The van der Waals surface area contributed by atoms with Crippen molar-refractivity contribution in [2.75, 3.05) is 25.0 Å². The summed E-state index contributed by atoms with van der Waals surface area (Å²) in [5.74, 6) is 1.36. The molecule has 0 aromatic carbocycles. The Kier molecular flexibility index (Phi) is 7.90. The number of unbranched alkanes of at least 4 members (excludes halogenated alkanes) is 1. The van der Waals surface area contributed by atoms with E-state index in [1.807, 2.05) is 6.20 Å². The molecule has 2 aromatic heterocycles. The van der Waals surface area contributed by atoms with Crippen molar-refractivity contribution in [1.82, 2.24) is 20.3 Å². The summed E-state index contributed by atoms with van der Waals surface area (Å²) in [5.41, 5.74) is 2.33. The molecule has 4 N–H and O–H groups in total. The van der Waals surface area contributed by atoms with Crippen LogP contribution in [0.2, 0.25) is 0 Å². The van der Waals surface area contributed by atoms with Gasteiger partial charge in [0.05, 0.1) is 6.10 Å². The average molecular weight is 374 g/mol. The molecule has 1 aliphatic carbocycles. The van der Waals surface area contributed by atoms with Crippen LogP contribution in [0.25, 0.3) is 11.0 Å². The molecule has 3 heterocycles. The fraction of sp³-hybridized carbons (Fsp3) is 0.714. The lowest BCUT2D eigenvalue weighted by Gasteiger charge is -2.22. The molecule has 0 unspecified atom stereocenters. The topological polar surface area (TPSA) is 85.9 Å². The van der Waals surface area contributed by atoms with Crippen molar-refractivity contribution in [1.29, 1.82) is 0 Å². The Morgan fingerprint density at radius 2 is 1.93 bits per heavy atom. The first kappa shape index (κ1) is 20.1. The van der Waals surface area contributed by atoms with Gasteiger partial charge in [-0.1, -0.05) is 32.6 Å². The highest BCUT2D eigenvalue weighted by atomic mass is 16.3. The molecule has 2 fully saturated rings. The van der Waals surface area contributed by atoms with Gasteiger partial charge in [0.15, 0.2) is 0 Å². The largest absolute Gasteiger partial charge is 0.393 e. The van der Waals surface area contributed by atoms with E-state index in [-0.39, 0.29) is 6.10 Å². The van der Waals surface area contributed by atoms with Crippen molar-refractivity contribution < 1.29 is 5.11 Å². The van der Waals surface area contributed by atoms with Gasteiger partial charge in [0.1, 0.15) is 5.65 Å². The SMILES string of the molecule is CCCCNc1ncc2c(C3CCNCC3)c[nH]c2n1.OC1CCCCC1. The highest BCUT2D eigenvalue weighted by molar-refractivity contribution is 5.80. The smallest absolute Gasteiger partial charge is 0.224 e. The van der Waals surface area contributed by atoms with Gasteiger partial charge in [-0.15, -0.1) is 0 Å². The van der Waals surface area contributed by atoms with E-state index in [0.717, 1.165) is 50.5 Å². The van der Waals surface area contributed by atoms with Gasteiger partial charge in [0, 0.05) is 24.3 Å². The second-order valence-electron chi connectivity index (χ2n) is 7.80. The van der Waals surface area contributed by atoms with Crippen LogP contribution in [0.1, 0.15) is 76.2 Å². The summed E-state index contributed by atoms with van der Waals surface area (Å²) in [6.07, 6.45) is 14.7. The number of nitrogens with one attached hydrogen (secondary N) is 3. The third-order valence-corrected chi connectivity index (χ3v) is 5.63. The molecule has 1 aliphatic heterocycles. The Balaban J connectivity index is 0.000000253. The van der Waals surface area contributed by atoms with E-state index in [9.17, 15) is 0 Å². The molecule has 1 saturated heterocycles. The van der Waals surface area contributed by atoms with Gasteiger partial charge in [-0.05, 0) is 56.7 Å². The lowest BCUT2D eigenvalue weighted by molar-refractivity contribution is 0.130. The molecule has 2 aromatic rings. The third kappa shape index (κ3) is 5.91. The molecule has 2 aliphatic rings. The van der Waals surface area contributed by atoms with Gasteiger partial charge in [-0.2, -0.15) is 4.98 Å². The molecule has 6 heteroatoms. The summed E-state index contributed by atoms with van der Waals surface area (Å²) >= 11 is 0. The number of H-pyrrole nitrogens is 1. The number of fused-ring (bicyclic) bond motifs is 1. The molecule has 6 nitrogen and oxygen atoms in total. The maximum absolute atomic E-state index is 8.91. The maximum Gasteiger partial charge on any atom is 0.224 e. The van der Waals surface area contributed by atoms with Crippen LogP contribution in [0.4, 0.5) is 5.95 Å². The first-order valence-electron chi connectivity index (χ1n) is 10.7. The molecular formula is C21H35N5O. The van der Waals surface area contributed by atoms with Gasteiger partial charge >= 0.3 is 0 Å². The standard InChI is InChI=1S/C15H23N5.C6H12O/c1-2-3-6-17-15-19-10-13-12(9-18-14(13)20-15)11-4-7-16-8-5-11;7-6-4-2-1-3-5-6/h9-11,16H,2-8H2,1H3,(H2,17,18,19,20);6-7H,1-5H2. The normalized spacial score (nSPS) is 18.9. The van der Waals surface area contributed by atoms with Gasteiger partial charge in [0.2, 0.25) is 5.95 Å². The minimum atomic E-state index is 0.0359. The zero-order valence-corrected chi connectivity index (χ0v) is 16.6. The Labute approximate surface area is 162 Å². The van der Waals surface area contributed by atoms with E-state index in [4.69, 9.17) is 5.11 Å². The van der Waals surface area contributed by atoms with Crippen molar-refractivity contribution in [3.8, 4) is 0 Å².